The van der Waals surface area contributed by atoms with Gasteiger partial charge in [-0.3, -0.25) is 4.79 Å². The summed E-state index contributed by atoms with van der Waals surface area (Å²) in [6.07, 6.45) is -3.66. The number of nitrogens with zero attached hydrogens (tertiary/aromatic N) is 1. The maximum atomic E-state index is 12.6. The third kappa shape index (κ3) is 3.07. The number of nitrogens with one attached hydrogen (secondary N) is 1. The summed E-state index contributed by atoms with van der Waals surface area (Å²) >= 11 is 0. The molecular weight excluding hydrogens is 257 g/mol. The standard InChI is InChI=1S/C13H15F3N2O/c1-17-11-5-6-18(12(11)19)8-9-3-2-4-10(7-9)13(14,15)16/h2-4,7,11,17H,5-6,8H2,1H3. The molecule has 1 aromatic rings. The number of alkyl halides is 3. The highest BCUT2D eigenvalue weighted by Gasteiger charge is 2.32. The van der Waals surface area contributed by atoms with E-state index in [0.717, 1.165) is 12.1 Å². The van der Waals surface area contributed by atoms with E-state index in [-0.39, 0.29) is 18.5 Å². The summed E-state index contributed by atoms with van der Waals surface area (Å²) in [5, 5.41) is 2.89. The topological polar surface area (TPSA) is 32.3 Å². The Morgan fingerprint density at radius 2 is 2.16 bits per heavy atom. The van der Waals surface area contributed by atoms with Gasteiger partial charge in [-0.15, -0.1) is 0 Å². The van der Waals surface area contributed by atoms with Gasteiger partial charge in [-0.05, 0) is 31.2 Å². The van der Waals surface area contributed by atoms with Crippen LogP contribution in [0.1, 0.15) is 17.5 Å². The van der Waals surface area contributed by atoms with Gasteiger partial charge in [-0.1, -0.05) is 12.1 Å². The van der Waals surface area contributed by atoms with E-state index in [4.69, 9.17) is 0 Å². The van der Waals surface area contributed by atoms with Crippen molar-refractivity contribution < 1.29 is 18.0 Å². The molecule has 0 aromatic heterocycles. The molecule has 6 heteroatoms. The largest absolute Gasteiger partial charge is 0.416 e. The summed E-state index contributed by atoms with van der Waals surface area (Å²) < 4.78 is 37.8. The van der Waals surface area contributed by atoms with Crippen LogP contribution in [-0.2, 0) is 17.5 Å². The molecule has 1 aliphatic rings. The first kappa shape index (κ1) is 13.9. The van der Waals surface area contributed by atoms with E-state index in [1.807, 2.05) is 0 Å². The molecule has 104 valence electrons. The van der Waals surface area contributed by atoms with Gasteiger partial charge >= 0.3 is 6.18 Å². The van der Waals surface area contributed by atoms with Crippen molar-refractivity contribution >= 4 is 5.91 Å². The lowest BCUT2D eigenvalue weighted by atomic mass is 10.1. The number of hydrogen-bond acceptors (Lipinski definition) is 2. The van der Waals surface area contributed by atoms with Crippen LogP contribution in [0.2, 0.25) is 0 Å². The molecule has 1 aliphatic heterocycles. The van der Waals surface area contributed by atoms with Gasteiger partial charge in [-0.25, -0.2) is 0 Å². The Bertz CT molecular complexity index is 473. The lowest BCUT2D eigenvalue weighted by molar-refractivity contribution is -0.137. The fraction of sp³-hybridized carbons (Fsp3) is 0.462. The molecule has 1 fully saturated rings. The van der Waals surface area contributed by atoms with Crippen LogP contribution in [0.4, 0.5) is 13.2 Å². The molecule has 1 amide bonds. The quantitative estimate of drug-likeness (QED) is 0.913. The van der Waals surface area contributed by atoms with Crippen molar-refractivity contribution in [2.45, 2.75) is 25.2 Å². The molecule has 0 radical (unpaired) electrons. The molecule has 2 rings (SSSR count). The van der Waals surface area contributed by atoms with Crippen molar-refractivity contribution in [3.05, 3.63) is 35.4 Å². The van der Waals surface area contributed by atoms with Crippen molar-refractivity contribution in [1.82, 2.24) is 10.2 Å². The van der Waals surface area contributed by atoms with E-state index in [9.17, 15) is 18.0 Å². The van der Waals surface area contributed by atoms with Crippen LogP contribution in [0.3, 0.4) is 0 Å². The summed E-state index contributed by atoms with van der Waals surface area (Å²) in [5.41, 5.74) is -0.179. The van der Waals surface area contributed by atoms with Crippen LogP contribution >= 0.6 is 0 Å². The molecule has 1 unspecified atom stereocenters. The predicted molar refractivity (Wildman–Crippen MR) is 64.3 cm³/mol. The lowest BCUT2D eigenvalue weighted by Gasteiger charge is -2.17. The fourth-order valence-electron chi connectivity index (χ4n) is 2.23. The minimum Gasteiger partial charge on any atom is -0.337 e. The van der Waals surface area contributed by atoms with Gasteiger partial charge in [0.25, 0.3) is 0 Å². The fourth-order valence-corrected chi connectivity index (χ4v) is 2.23. The average molecular weight is 272 g/mol. The third-order valence-corrected chi connectivity index (χ3v) is 3.27. The van der Waals surface area contributed by atoms with Crippen molar-refractivity contribution in [3.8, 4) is 0 Å². The second-order valence-corrected chi connectivity index (χ2v) is 4.59. The zero-order valence-corrected chi connectivity index (χ0v) is 10.5. The highest BCUT2D eigenvalue weighted by atomic mass is 19.4. The molecule has 0 saturated carbocycles. The number of amides is 1. The van der Waals surface area contributed by atoms with Gasteiger partial charge < -0.3 is 10.2 Å². The SMILES string of the molecule is CNC1CCN(Cc2cccc(C(F)(F)F)c2)C1=O. The van der Waals surface area contributed by atoms with E-state index < -0.39 is 11.7 Å². The Balaban J connectivity index is 2.10. The van der Waals surface area contributed by atoms with Crippen molar-refractivity contribution in [2.75, 3.05) is 13.6 Å². The van der Waals surface area contributed by atoms with E-state index in [1.54, 1.807) is 18.0 Å². The molecule has 1 heterocycles. The van der Waals surface area contributed by atoms with Crippen LogP contribution in [0.15, 0.2) is 24.3 Å². The number of carbonyl (C=O) groups excluding carboxylic acids is 1. The molecule has 0 spiro atoms. The van der Waals surface area contributed by atoms with Gasteiger partial charge in [0.1, 0.15) is 0 Å². The van der Waals surface area contributed by atoms with Crippen LogP contribution in [0.5, 0.6) is 0 Å². The molecule has 3 nitrogen and oxygen atoms in total. The highest BCUT2D eigenvalue weighted by molar-refractivity contribution is 5.83. The van der Waals surface area contributed by atoms with E-state index in [0.29, 0.717) is 18.5 Å². The second-order valence-electron chi connectivity index (χ2n) is 4.59. The number of carbonyl (C=O) groups is 1. The van der Waals surface area contributed by atoms with E-state index >= 15 is 0 Å². The number of rotatable bonds is 3. The first-order valence-electron chi connectivity index (χ1n) is 6.04. The number of likely N-dealkylation sites (N-methyl/N-ethyl adjacent to an activating group) is 1. The molecule has 1 atom stereocenters. The second kappa shape index (κ2) is 5.21. The Morgan fingerprint density at radius 3 is 2.74 bits per heavy atom. The Kier molecular flexibility index (Phi) is 3.80. The van der Waals surface area contributed by atoms with Gasteiger partial charge in [0.15, 0.2) is 0 Å². The normalized spacial score (nSPS) is 20.1. The number of hydrogen-bond donors (Lipinski definition) is 1. The van der Waals surface area contributed by atoms with Crippen molar-refractivity contribution in [2.24, 2.45) is 0 Å². The van der Waals surface area contributed by atoms with Crippen LogP contribution < -0.4 is 5.32 Å². The molecule has 1 aromatic carbocycles. The number of benzene rings is 1. The van der Waals surface area contributed by atoms with Gasteiger partial charge in [0.2, 0.25) is 5.91 Å². The molecule has 1 N–H and O–H groups in total. The highest BCUT2D eigenvalue weighted by Crippen LogP contribution is 2.30. The monoisotopic (exact) mass is 272 g/mol. The summed E-state index contributed by atoms with van der Waals surface area (Å²) in [4.78, 5) is 13.4. The van der Waals surface area contributed by atoms with Crippen LogP contribution in [-0.4, -0.2) is 30.4 Å². The van der Waals surface area contributed by atoms with Gasteiger partial charge in [0, 0.05) is 13.1 Å². The summed E-state index contributed by atoms with van der Waals surface area (Å²) in [5.74, 6) is -0.0556. The third-order valence-electron chi connectivity index (χ3n) is 3.27. The minimum atomic E-state index is -4.35. The molecule has 19 heavy (non-hydrogen) atoms. The number of likely N-dealkylation sites (tertiary alicyclic amines) is 1. The zero-order chi connectivity index (χ0) is 14.0. The first-order chi connectivity index (χ1) is 8.91. The maximum absolute atomic E-state index is 12.6. The van der Waals surface area contributed by atoms with Crippen molar-refractivity contribution in [1.29, 1.82) is 0 Å². The average Bonchev–Trinajstić information content (AvgIpc) is 2.70. The minimum absolute atomic E-state index is 0.0556. The van der Waals surface area contributed by atoms with Gasteiger partial charge in [0.05, 0.1) is 11.6 Å². The molecule has 0 aliphatic carbocycles. The van der Waals surface area contributed by atoms with Crippen molar-refractivity contribution in [3.63, 3.8) is 0 Å². The zero-order valence-electron chi connectivity index (χ0n) is 10.5. The summed E-state index contributed by atoms with van der Waals surface area (Å²) in [6, 6.07) is 4.89. The predicted octanol–water partition coefficient (Wildman–Crippen LogP) is 2.03. The number of halogens is 3. The maximum Gasteiger partial charge on any atom is 0.416 e. The van der Waals surface area contributed by atoms with E-state index in [2.05, 4.69) is 5.32 Å². The van der Waals surface area contributed by atoms with Gasteiger partial charge in [-0.2, -0.15) is 13.2 Å². The smallest absolute Gasteiger partial charge is 0.337 e. The van der Waals surface area contributed by atoms with Crippen LogP contribution in [0, 0.1) is 0 Å². The Labute approximate surface area is 109 Å². The molecule has 0 bridgehead atoms. The first-order valence-corrected chi connectivity index (χ1v) is 6.04. The lowest BCUT2D eigenvalue weighted by Crippen LogP contribution is -2.35. The molecule has 1 saturated heterocycles. The summed E-state index contributed by atoms with van der Waals surface area (Å²) in [6.45, 7) is 0.793. The molecular formula is C13H15F3N2O. The summed E-state index contributed by atoms with van der Waals surface area (Å²) in [7, 11) is 1.70. The van der Waals surface area contributed by atoms with E-state index in [1.165, 1.54) is 6.07 Å². The Morgan fingerprint density at radius 1 is 1.42 bits per heavy atom. The van der Waals surface area contributed by atoms with Crippen LogP contribution in [0.25, 0.3) is 0 Å². The Hall–Kier alpha value is -1.56.